The number of hydrogen-bond donors (Lipinski definition) is 3. The van der Waals surface area contributed by atoms with Gasteiger partial charge in [0.25, 0.3) is 0 Å². The Morgan fingerprint density at radius 1 is 1.25 bits per heavy atom. The van der Waals surface area contributed by atoms with Crippen LogP contribution in [0.25, 0.3) is 10.9 Å². The molecule has 0 unspecified atom stereocenters. The van der Waals surface area contributed by atoms with Crippen molar-refractivity contribution >= 4 is 22.7 Å². The molecule has 2 rings (SSSR count). The molecule has 0 saturated heterocycles. The van der Waals surface area contributed by atoms with Gasteiger partial charge in [0.2, 0.25) is 5.95 Å². The third-order valence-electron chi connectivity index (χ3n) is 2.27. The molecule has 0 saturated carbocycles. The van der Waals surface area contributed by atoms with Gasteiger partial charge in [0, 0.05) is 11.9 Å². The highest BCUT2D eigenvalue weighted by Gasteiger charge is 2.05. The van der Waals surface area contributed by atoms with Crippen molar-refractivity contribution in [2.45, 2.75) is 13.3 Å². The largest absolute Gasteiger partial charge is 0.369 e. The fraction of sp³-hybridized carbons (Fsp3) is 0.273. The van der Waals surface area contributed by atoms with Crippen LogP contribution in [0, 0.1) is 0 Å². The third-order valence-corrected chi connectivity index (χ3v) is 2.27. The Morgan fingerprint density at radius 3 is 2.81 bits per heavy atom. The number of anilines is 2. The molecule has 0 aliphatic carbocycles. The standard InChI is InChI=1S/C11H15N5/c1-2-7-13-10-8-5-3-4-6-9(8)14-11(15-10)16-12/h3-6H,2,7,12H2,1H3,(H2,13,14,15,16). The minimum atomic E-state index is 0.428. The van der Waals surface area contributed by atoms with Gasteiger partial charge in [-0.1, -0.05) is 19.1 Å². The Balaban J connectivity index is 2.50. The molecule has 0 aliphatic rings. The van der Waals surface area contributed by atoms with Gasteiger partial charge in [-0.05, 0) is 18.6 Å². The van der Waals surface area contributed by atoms with E-state index in [1.54, 1.807) is 0 Å². The Kier molecular flexibility index (Phi) is 3.16. The van der Waals surface area contributed by atoms with Crippen molar-refractivity contribution in [1.29, 1.82) is 0 Å². The monoisotopic (exact) mass is 217 g/mol. The molecule has 5 heteroatoms. The van der Waals surface area contributed by atoms with E-state index in [4.69, 9.17) is 5.84 Å². The number of hydrogen-bond acceptors (Lipinski definition) is 5. The van der Waals surface area contributed by atoms with Crippen LogP contribution in [-0.2, 0) is 0 Å². The van der Waals surface area contributed by atoms with Gasteiger partial charge in [0.1, 0.15) is 5.82 Å². The molecule has 1 aromatic heterocycles. The highest BCUT2D eigenvalue weighted by Crippen LogP contribution is 2.21. The lowest BCUT2D eigenvalue weighted by molar-refractivity contribution is 0.969. The first-order valence-corrected chi connectivity index (χ1v) is 5.32. The molecule has 0 radical (unpaired) electrons. The number of aromatic nitrogens is 2. The van der Waals surface area contributed by atoms with Gasteiger partial charge in [-0.25, -0.2) is 10.8 Å². The number of benzene rings is 1. The molecule has 0 fully saturated rings. The maximum atomic E-state index is 5.34. The van der Waals surface area contributed by atoms with Crippen molar-refractivity contribution in [1.82, 2.24) is 9.97 Å². The summed E-state index contributed by atoms with van der Waals surface area (Å²) in [6.07, 6.45) is 1.05. The molecule has 5 nitrogen and oxygen atoms in total. The lowest BCUT2D eigenvalue weighted by Gasteiger charge is -2.09. The summed E-state index contributed by atoms with van der Waals surface area (Å²) in [6, 6.07) is 7.85. The molecule has 1 aromatic carbocycles. The van der Waals surface area contributed by atoms with Crippen LogP contribution >= 0.6 is 0 Å². The minimum Gasteiger partial charge on any atom is -0.369 e. The zero-order chi connectivity index (χ0) is 11.4. The fourth-order valence-corrected chi connectivity index (χ4v) is 1.52. The van der Waals surface area contributed by atoms with Gasteiger partial charge in [-0.3, -0.25) is 5.43 Å². The number of nitrogen functional groups attached to an aromatic ring is 1. The second-order valence-electron chi connectivity index (χ2n) is 3.48. The first-order chi connectivity index (χ1) is 7.85. The van der Waals surface area contributed by atoms with Crippen LogP contribution in [0.15, 0.2) is 24.3 Å². The normalized spacial score (nSPS) is 10.4. The molecule has 0 atom stereocenters. The molecule has 0 amide bonds. The van der Waals surface area contributed by atoms with Crippen LogP contribution < -0.4 is 16.6 Å². The SMILES string of the molecule is CCCNc1nc(NN)nc2ccccc12. The number of nitrogens with one attached hydrogen (secondary N) is 2. The van der Waals surface area contributed by atoms with E-state index in [9.17, 15) is 0 Å². The van der Waals surface area contributed by atoms with Crippen LogP contribution in [0.2, 0.25) is 0 Å². The van der Waals surface area contributed by atoms with E-state index in [0.717, 1.165) is 29.7 Å². The van der Waals surface area contributed by atoms with E-state index in [2.05, 4.69) is 27.6 Å². The minimum absolute atomic E-state index is 0.428. The Bertz CT molecular complexity index is 483. The zero-order valence-electron chi connectivity index (χ0n) is 9.20. The summed E-state index contributed by atoms with van der Waals surface area (Å²) >= 11 is 0. The Morgan fingerprint density at radius 2 is 2.06 bits per heavy atom. The average Bonchev–Trinajstić information content (AvgIpc) is 2.35. The second-order valence-corrected chi connectivity index (χ2v) is 3.48. The van der Waals surface area contributed by atoms with Gasteiger partial charge >= 0.3 is 0 Å². The van der Waals surface area contributed by atoms with E-state index in [1.165, 1.54) is 0 Å². The first kappa shape index (κ1) is 10.6. The number of fused-ring (bicyclic) bond motifs is 1. The zero-order valence-corrected chi connectivity index (χ0v) is 9.20. The molecule has 0 spiro atoms. The molecule has 84 valence electrons. The smallest absolute Gasteiger partial charge is 0.239 e. The average molecular weight is 217 g/mol. The van der Waals surface area contributed by atoms with Crippen molar-refractivity contribution in [3.63, 3.8) is 0 Å². The molecule has 16 heavy (non-hydrogen) atoms. The topological polar surface area (TPSA) is 75.9 Å². The summed E-state index contributed by atoms with van der Waals surface area (Å²) in [5.41, 5.74) is 3.35. The molecule has 0 bridgehead atoms. The van der Waals surface area contributed by atoms with Crippen LogP contribution in [0.4, 0.5) is 11.8 Å². The Hall–Kier alpha value is -1.88. The number of para-hydroxylation sites is 1. The van der Waals surface area contributed by atoms with Crippen LogP contribution in [0.5, 0.6) is 0 Å². The van der Waals surface area contributed by atoms with E-state index in [1.807, 2.05) is 24.3 Å². The van der Waals surface area contributed by atoms with Crippen molar-refractivity contribution in [2.75, 3.05) is 17.3 Å². The molecule has 2 aromatic rings. The molecular weight excluding hydrogens is 202 g/mol. The summed E-state index contributed by atoms with van der Waals surface area (Å²) in [7, 11) is 0. The molecular formula is C11H15N5. The number of rotatable bonds is 4. The summed E-state index contributed by atoms with van der Waals surface area (Å²) in [5, 5.41) is 4.27. The van der Waals surface area contributed by atoms with Crippen molar-refractivity contribution in [3.05, 3.63) is 24.3 Å². The van der Waals surface area contributed by atoms with Crippen LogP contribution in [0.1, 0.15) is 13.3 Å². The van der Waals surface area contributed by atoms with Gasteiger partial charge in [0.15, 0.2) is 0 Å². The number of nitrogens with two attached hydrogens (primary N) is 1. The van der Waals surface area contributed by atoms with Crippen molar-refractivity contribution in [2.24, 2.45) is 5.84 Å². The lowest BCUT2D eigenvalue weighted by atomic mass is 10.2. The highest BCUT2D eigenvalue weighted by atomic mass is 15.3. The van der Waals surface area contributed by atoms with E-state index < -0.39 is 0 Å². The van der Waals surface area contributed by atoms with Gasteiger partial charge in [-0.15, -0.1) is 0 Å². The predicted molar refractivity (Wildman–Crippen MR) is 66.1 cm³/mol. The van der Waals surface area contributed by atoms with Gasteiger partial charge < -0.3 is 5.32 Å². The van der Waals surface area contributed by atoms with Crippen LogP contribution in [0.3, 0.4) is 0 Å². The molecule has 0 aliphatic heterocycles. The summed E-state index contributed by atoms with van der Waals surface area (Å²) in [5.74, 6) is 6.58. The van der Waals surface area contributed by atoms with Gasteiger partial charge in [0.05, 0.1) is 5.52 Å². The summed E-state index contributed by atoms with van der Waals surface area (Å²) in [6.45, 7) is 2.99. The maximum absolute atomic E-state index is 5.34. The van der Waals surface area contributed by atoms with E-state index in [0.29, 0.717) is 5.95 Å². The predicted octanol–water partition coefficient (Wildman–Crippen LogP) is 1.74. The first-order valence-electron chi connectivity index (χ1n) is 5.32. The van der Waals surface area contributed by atoms with Crippen molar-refractivity contribution in [3.8, 4) is 0 Å². The highest BCUT2D eigenvalue weighted by molar-refractivity contribution is 5.89. The van der Waals surface area contributed by atoms with Gasteiger partial charge in [-0.2, -0.15) is 4.98 Å². The quantitative estimate of drug-likeness (QED) is 0.537. The number of hydrazine groups is 1. The fourth-order valence-electron chi connectivity index (χ4n) is 1.52. The van der Waals surface area contributed by atoms with E-state index >= 15 is 0 Å². The van der Waals surface area contributed by atoms with E-state index in [-0.39, 0.29) is 0 Å². The third kappa shape index (κ3) is 2.04. The molecule has 4 N–H and O–H groups in total. The molecule has 1 heterocycles. The summed E-state index contributed by atoms with van der Waals surface area (Å²) in [4.78, 5) is 8.57. The Labute approximate surface area is 94.1 Å². The second kappa shape index (κ2) is 4.76. The number of nitrogens with zero attached hydrogens (tertiary/aromatic N) is 2. The summed E-state index contributed by atoms with van der Waals surface area (Å²) < 4.78 is 0. The van der Waals surface area contributed by atoms with Crippen molar-refractivity contribution < 1.29 is 0 Å². The van der Waals surface area contributed by atoms with Crippen LogP contribution in [-0.4, -0.2) is 16.5 Å². The lowest BCUT2D eigenvalue weighted by Crippen LogP contribution is -2.12. The maximum Gasteiger partial charge on any atom is 0.239 e.